The number of nitrogens with zero attached hydrogens (tertiary/aromatic N) is 1. The smallest absolute Gasteiger partial charge is 0.157 e. The van der Waals surface area contributed by atoms with E-state index >= 15 is 0 Å². The Balaban J connectivity index is -0.0000000632. The fraction of sp³-hybridized carbons (Fsp3) is 0.727. The third kappa shape index (κ3) is 22.4. The van der Waals surface area contributed by atoms with Crippen molar-refractivity contribution in [3.05, 3.63) is 22.5 Å². The summed E-state index contributed by atoms with van der Waals surface area (Å²) >= 11 is 0. The predicted octanol–water partition coefficient (Wildman–Crippen LogP) is 4.36. The standard InChI is InChI=1S/C8H16N2.C7H13NO.C4H12N2.3CH4/c1-6(7(2)9-4)8(3)10-5;1-5(7(3)9)6(2)8-4;1-4(5-2)6-3;;;/h9H,1-5H3;8H,1-4H3;4-6H,1-3H3;3*1H4. The van der Waals surface area contributed by atoms with Crippen LogP contribution in [-0.4, -0.2) is 52.9 Å². The first-order valence-corrected chi connectivity index (χ1v) is 8.53. The van der Waals surface area contributed by atoms with Gasteiger partial charge >= 0.3 is 0 Å². The number of aliphatic imine (C=N–C) groups is 1. The predicted molar refractivity (Wildman–Crippen MR) is 132 cm³/mol. The highest BCUT2D eigenvalue weighted by atomic mass is 16.1. The highest BCUT2D eigenvalue weighted by molar-refractivity contribution is 5.98. The average molecular weight is 404 g/mol. The van der Waals surface area contributed by atoms with E-state index in [1.165, 1.54) is 11.3 Å². The Hall–Kier alpha value is -1.66. The molecule has 0 spiro atoms. The summed E-state index contributed by atoms with van der Waals surface area (Å²) in [5.74, 6) is 0.127. The maximum absolute atomic E-state index is 10.6. The first kappa shape index (κ1) is 40.9. The Morgan fingerprint density at radius 2 is 1.04 bits per heavy atom. The van der Waals surface area contributed by atoms with Crippen molar-refractivity contribution < 1.29 is 4.79 Å². The van der Waals surface area contributed by atoms with Gasteiger partial charge in [-0.2, -0.15) is 0 Å². The fourth-order valence-corrected chi connectivity index (χ4v) is 1.22. The molecule has 0 aliphatic carbocycles. The van der Waals surface area contributed by atoms with Crippen molar-refractivity contribution in [3.63, 3.8) is 0 Å². The van der Waals surface area contributed by atoms with E-state index in [1.54, 1.807) is 6.92 Å². The molecular weight excluding hydrogens is 350 g/mol. The Morgan fingerprint density at radius 3 is 1.18 bits per heavy atom. The lowest BCUT2D eigenvalue weighted by Gasteiger charge is -2.05. The topological polar surface area (TPSA) is 77.5 Å². The molecule has 0 atom stereocenters. The van der Waals surface area contributed by atoms with Crippen LogP contribution >= 0.6 is 0 Å². The van der Waals surface area contributed by atoms with Crippen LogP contribution in [0, 0.1) is 0 Å². The summed E-state index contributed by atoms with van der Waals surface area (Å²) in [6.45, 7) is 13.4. The molecule has 28 heavy (non-hydrogen) atoms. The van der Waals surface area contributed by atoms with E-state index < -0.39 is 0 Å². The molecule has 0 radical (unpaired) electrons. The van der Waals surface area contributed by atoms with Gasteiger partial charge in [-0.15, -0.1) is 0 Å². The molecule has 0 aromatic rings. The molecule has 0 aliphatic rings. The molecule has 0 fully saturated rings. The molecule has 0 unspecified atom stereocenters. The third-order valence-electron chi connectivity index (χ3n) is 4.15. The Kier molecular flexibility index (Phi) is 37.0. The Labute approximate surface area is 177 Å². The maximum atomic E-state index is 10.6. The van der Waals surface area contributed by atoms with Crippen LogP contribution in [0.2, 0.25) is 0 Å². The van der Waals surface area contributed by atoms with Crippen LogP contribution < -0.4 is 21.3 Å². The van der Waals surface area contributed by atoms with Gasteiger partial charge in [0.15, 0.2) is 5.78 Å². The van der Waals surface area contributed by atoms with Crippen molar-refractivity contribution >= 4 is 11.5 Å². The highest BCUT2D eigenvalue weighted by Crippen LogP contribution is 2.01. The van der Waals surface area contributed by atoms with E-state index in [-0.39, 0.29) is 28.1 Å². The molecule has 0 aromatic heterocycles. The fourth-order valence-electron chi connectivity index (χ4n) is 1.22. The molecule has 172 valence electrons. The summed E-state index contributed by atoms with van der Waals surface area (Å²) < 4.78 is 0. The minimum Gasteiger partial charge on any atom is -0.391 e. The largest absolute Gasteiger partial charge is 0.391 e. The molecule has 6 heteroatoms. The second kappa shape index (κ2) is 25.3. The normalized spacial score (nSPS) is 11.4. The number of allylic oxidation sites excluding steroid dienone is 4. The molecule has 0 bridgehead atoms. The summed E-state index contributed by atoms with van der Waals surface area (Å²) in [5.41, 5.74) is 5.25. The summed E-state index contributed by atoms with van der Waals surface area (Å²) in [6, 6.07) is 0. The van der Waals surface area contributed by atoms with Crippen molar-refractivity contribution in [2.75, 3.05) is 35.2 Å². The second-order valence-electron chi connectivity index (χ2n) is 5.66. The summed E-state index contributed by atoms with van der Waals surface area (Å²) in [6.07, 6.45) is 0.435. The number of hydrogen-bond acceptors (Lipinski definition) is 6. The van der Waals surface area contributed by atoms with Crippen molar-refractivity contribution in [3.8, 4) is 0 Å². The molecule has 0 aromatic carbocycles. The van der Waals surface area contributed by atoms with E-state index in [4.69, 9.17) is 0 Å². The lowest BCUT2D eigenvalue weighted by Crippen LogP contribution is -2.34. The molecule has 0 heterocycles. The lowest BCUT2D eigenvalue weighted by molar-refractivity contribution is -0.113. The van der Waals surface area contributed by atoms with Crippen molar-refractivity contribution in [2.45, 2.75) is 76.9 Å². The number of carbonyl (C=O) groups is 1. The van der Waals surface area contributed by atoms with Crippen molar-refractivity contribution in [2.24, 2.45) is 4.99 Å². The molecule has 0 saturated carbocycles. The summed E-state index contributed by atoms with van der Waals surface area (Å²) in [5, 5.41) is 12.0. The van der Waals surface area contributed by atoms with E-state index in [1.807, 2.05) is 62.9 Å². The first-order valence-electron chi connectivity index (χ1n) is 8.53. The van der Waals surface area contributed by atoms with Gasteiger partial charge in [0, 0.05) is 43.8 Å². The summed E-state index contributed by atoms with van der Waals surface area (Å²) in [4.78, 5) is 14.7. The molecule has 4 N–H and O–H groups in total. The van der Waals surface area contributed by atoms with E-state index in [0.717, 1.165) is 17.0 Å². The molecule has 0 aliphatic heterocycles. The lowest BCUT2D eigenvalue weighted by atomic mass is 10.1. The molecular formula is C22H53N5O. The van der Waals surface area contributed by atoms with Crippen molar-refractivity contribution in [1.82, 2.24) is 21.3 Å². The molecule has 0 rings (SSSR count). The zero-order chi connectivity index (χ0) is 20.6. The Morgan fingerprint density at radius 1 is 0.714 bits per heavy atom. The third-order valence-corrected chi connectivity index (χ3v) is 4.15. The van der Waals surface area contributed by atoms with Crippen LogP contribution in [0.25, 0.3) is 0 Å². The maximum Gasteiger partial charge on any atom is 0.157 e. The molecule has 0 amide bonds. The van der Waals surface area contributed by atoms with Gasteiger partial charge in [-0.05, 0) is 68.1 Å². The van der Waals surface area contributed by atoms with Gasteiger partial charge in [-0.1, -0.05) is 22.3 Å². The number of nitrogens with one attached hydrogen (secondary N) is 4. The van der Waals surface area contributed by atoms with Crippen LogP contribution in [0.15, 0.2) is 27.5 Å². The minimum absolute atomic E-state index is 0. The monoisotopic (exact) mass is 403 g/mol. The van der Waals surface area contributed by atoms with E-state index in [0.29, 0.717) is 6.17 Å². The van der Waals surface area contributed by atoms with Crippen LogP contribution in [0.4, 0.5) is 0 Å². The van der Waals surface area contributed by atoms with Crippen LogP contribution in [0.3, 0.4) is 0 Å². The zero-order valence-corrected chi connectivity index (χ0v) is 18.4. The van der Waals surface area contributed by atoms with Crippen molar-refractivity contribution in [1.29, 1.82) is 0 Å². The van der Waals surface area contributed by atoms with Crippen LogP contribution in [-0.2, 0) is 4.79 Å². The number of hydrogen-bond donors (Lipinski definition) is 4. The summed E-state index contributed by atoms with van der Waals surface area (Å²) in [7, 11) is 9.37. The highest BCUT2D eigenvalue weighted by Gasteiger charge is 1.98. The van der Waals surface area contributed by atoms with Crippen LogP contribution in [0.5, 0.6) is 0 Å². The van der Waals surface area contributed by atoms with Gasteiger partial charge in [0.25, 0.3) is 0 Å². The quantitative estimate of drug-likeness (QED) is 0.301. The van der Waals surface area contributed by atoms with Gasteiger partial charge in [-0.3, -0.25) is 9.79 Å². The van der Waals surface area contributed by atoms with Gasteiger partial charge in [0.2, 0.25) is 0 Å². The molecule has 0 saturated heterocycles. The SMILES string of the molecule is C.C.C.CN=C(C)C(C)=C(C)NC.CNC(C)=C(C)C(C)=O.CNC(C)NC. The second-order valence-corrected chi connectivity index (χ2v) is 5.66. The minimum atomic E-state index is 0. The van der Waals surface area contributed by atoms with Gasteiger partial charge in [-0.25, -0.2) is 0 Å². The Bertz CT molecular complexity index is 462. The van der Waals surface area contributed by atoms with E-state index in [9.17, 15) is 4.79 Å². The molecule has 6 nitrogen and oxygen atoms in total. The average Bonchev–Trinajstić information content (AvgIpc) is 2.64. The number of ketones is 1. The first-order chi connectivity index (χ1) is 11.5. The zero-order valence-electron chi connectivity index (χ0n) is 18.4. The van der Waals surface area contributed by atoms with Crippen LogP contribution in [0.1, 0.15) is 70.7 Å². The van der Waals surface area contributed by atoms with Gasteiger partial charge in [0.05, 0.1) is 6.17 Å². The van der Waals surface area contributed by atoms with E-state index in [2.05, 4.69) is 40.1 Å². The van der Waals surface area contributed by atoms with Gasteiger partial charge in [0.1, 0.15) is 0 Å². The number of Topliss-reactive ketones (excluding diaryl/α,β-unsaturated/α-hetero) is 1. The number of rotatable bonds is 6. The van der Waals surface area contributed by atoms with Gasteiger partial charge < -0.3 is 21.3 Å². The number of carbonyl (C=O) groups excluding carboxylic acids is 1.